The number of benzene rings is 3. The van der Waals surface area contributed by atoms with Crippen molar-refractivity contribution in [1.82, 2.24) is 0 Å². The fraction of sp³-hybridized carbons (Fsp3) is 0.0435. The summed E-state index contributed by atoms with van der Waals surface area (Å²) in [5, 5.41) is 22.5. The topological polar surface area (TPSA) is 105 Å². The minimum Gasteiger partial charge on any atom is -0.489 e. The van der Waals surface area contributed by atoms with Crippen molar-refractivity contribution in [1.29, 1.82) is 5.26 Å². The fourth-order valence-corrected chi connectivity index (χ4v) is 2.59. The van der Waals surface area contributed by atoms with Gasteiger partial charge in [0.05, 0.1) is 4.92 Å². The summed E-state index contributed by atoms with van der Waals surface area (Å²) in [6, 6.07) is 19.9. The quantitative estimate of drug-likeness (QED) is 0.256. The van der Waals surface area contributed by atoms with Crippen LogP contribution in [0.2, 0.25) is 0 Å². The molecule has 0 atom stereocenters. The van der Waals surface area contributed by atoms with E-state index in [0.717, 1.165) is 5.56 Å². The van der Waals surface area contributed by atoms with Crippen LogP contribution in [-0.2, 0) is 11.4 Å². The molecule has 0 radical (unpaired) electrons. The van der Waals surface area contributed by atoms with E-state index >= 15 is 0 Å². The Morgan fingerprint density at radius 2 is 1.71 bits per heavy atom. The van der Waals surface area contributed by atoms with E-state index < -0.39 is 10.8 Å². The van der Waals surface area contributed by atoms with Gasteiger partial charge in [0.1, 0.15) is 29.8 Å². The second kappa shape index (κ2) is 9.80. The molecule has 0 saturated heterocycles. The lowest BCUT2D eigenvalue weighted by molar-refractivity contribution is -0.384. The van der Waals surface area contributed by atoms with Crippen LogP contribution in [0.15, 0.2) is 78.4 Å². The third-order valence-electron chi connectivity index (χ3n) is 4.21. The number of ether oxygens (including phenoxy) is 1. The molecule has 1 amide bonds. The number of nitrogens with one attached hydrogen (secondary N) is 1. The zero-order valence-corrected chi connectivity index (χ0v) is 16.1. The molecule has 0 aromatic heterocycles. The lowest BCUT2D eigenvalue weighted by Gasteiger charge is -2.07. The minimum absolute atomic E-state index is 0.101. The number of carbonyl (C=O) groups excluding carboxylic acids is 1. The number of anilines is 1. The highest BCUT2D eigenvalue weighted by molar-refractivity contribution is 6.09. The molecule has 0 heterocycles. The van der Waals surface area contributed by atoms with Gasteiger partial charge in [-0.3, -0.25) is 14.9 Å². The van der Waals surface area contributed by atoms with Gasteiger partial charge >= 0.3 is 0 Å². The van der Waals surface area contributed by atoms with Gasteiger partial charge < -0.3 is 10.1 Å². The summed E-state index contributed by atoms with van der Waals surface area (Å²) in [5.74, 6) is -0.367. The zero-order chi connectivity index (χ0) is 22.2. The molecule has 1 N–H and O–H groups in total. The van der Waals surface area contributed by atoms with Crippen LogP contribution in [0, 0.1) is 27.3 Å². The highest BCUT2D eigenvalue weighted by Gasteiger charge is 2.11. The van der Waals surface area contributed by atoms with Gasteiger partial charge in [0.15, 0.2) is 0 Å². The predicted octanol–water partition coefficient (Wildman–Crippen LogP) is 4.86. The first-order valence-electron chi connectivity index (χ1n) is 9.09. The monoisotopic (exact) mass is 417 g/mol. The van der Waals surface area contributed by atoms with Gasteiger partial charge in [-0.25, -0.2) is 4.39 Å². The van der Waals surface area contributed by atoms with E-state index in [1.165, 1.54) is 42.5 Å². The lowest BCUT2D eigenvalue weighted by atomic mass is 10.1. The third-order valence-corrected chi connectivity index (χ3v) is 4.21. The summed E-state index contributed by atoms with van der Waals surface area (Å²) in [5.41, 5.74) is 1.54. The lowest BCUT2D eigenvalue weighted by Crippen LogP contribution is -2.13. The molecule has 0 unspecified atom stereocenters. The first-order chi connectivity index (χ1) is 14.9. The number of non-ortho nitro benzene ring substituents is 1. The molecule has 3 aromatic rings. The van der Waals surface area contributed by atoms with E-state index in [1.54, 1.807) is 36.4 Å². The molecule has 3 rings (SSSR count). The van der Waals surface area contributed by atoms with Crippen molar-refractivity contribution in [3.8, 4) is 11.8 Å². The van der Waals surface area contributed by atoms with Crippen molar-refractivity contribution >= 4 is 23.4 Å². The standard InChI is InChI=1S/C23H16FN3O4/c24-19-5-1-17(2-6-19)15-31-22-11-3-16(4-12-22)13-18(14-25)23(28)26-20-7-9-21(10-8-20)27(29)30/h1-13H,15H2,(H,26,28)/b18-13-. The summed E-state index contributed by atoms with van der Waals surface area (Å²) in [6.07, 6.45) is 1.42. The number of amides is 1. The van der Waals surface area contributed by atoms with Gasteiger partial charge in [-0.2, -0.15) is 5.26 Å². The van der Waals surface area contributed by atoms with Gasteiger partial charge in [-0.05, 0) is 53.6 Å². The molecule has 8 heteroatoms. The van der Waals surface area contributed by atoms with E-state index in [-0.39, 0.29) is 23.7 Å². The van der Waals surface area contributed by atoms with Crippen molar-refractivity contribution in [2.45, 2.75) is 6.61 Å². The largest absolute Gasteiger partial charge is 0.489 e. The highest BCUT2D eigenvalue weighted by Crippen LogP contribution is 2.18. The number of rotatable bonds is 7. The Bertz CT molecular complexity index is 1150. The molecule has 0 aliphatic rings. The SMILES string of the molecule is N#C/C(=C/c1ccc(OCc2ccc(F)cc2)cc1)C(=O)Nc1ccc([N+](=O)[O-])cc1. The van der Waals surface area contributed by atoms with Crippen LogP contribution >= 0.6 is 0 Å². The summed E-state index contributed by atoms with van der Waals surface area (Å²) >= 11 is 0. The molecule has 0 bridgehead atoms. The summed E-state index contributed by atoms with van der Waals surface area (Å²) in [7, 11) is 0. The molecule has 7 nitrogen and oxygen atoms in total. The van der Waals surface area contributed by atoms with Gasteiger partial charge in [0, 0.05) is 17.8 Å². The number of carbonyl (C=O) groups is 1. The van der Waals surface area contributed by atoms with Crippen molar-refractivity contribution in [2.24, 2.45) is 0 Å². The Morgan fingerprint density at radius 3 is 2.29 bits per heavy atom. The van der Waals surface area contributed by atoms with Crippen LogP contribution in [0.5, 0.6) is 5.75 Å². The number of nitrogens with zero attached hydrogens (tertiary/aromatic N) is 2. The molecule has 154 valence electrons. The van der Waals surface area contributed by atoms with Crippen molar-refractivity contribution in [3.05, 3.63) is 105 Å². The Morgan fingerprint density at radius 1 is 1.06 bits per heavy atom. The smallest absolute Gasteiger partial charge is 0.269 e. The van der Waals surface area contributed by atoms with Crippen LogP contribution in [-0.4, -0.2) is 10.8 Å². The highest BCUT2D eigenvalue weighted by atomic mass is 19.1. The number of nitro groups is 1. The van der Waals surface area contributed by atoms with Crippen molar-refractivity contribution in [3.63, 3.8) is 0 Å². The third kappa shape index (κ3) is 5.98. The molecule has 0 fully saturated rings. The molecule has 31 heavy (non-hydrogen) atoms. The van der Waals surface area contributed by atoms with E-state index in [0.29, 0.717) is 17.0 Å². The number of nitro benzene ring substituents is 1. The average Bonchev–Trinajstić information content (AvgIpc) is 2.78. The molecular weight excluding hydrogens is 401 g/mol. The first-order valence-corrected chi connectivity index (χ1v) is 9.09. The average molecular weight is 417 g/mol. The van der Waals surface area contributed by atoms with E-state index in [9.17, 15) is 24.6 Å². The number of halogens is 1. The first kappa shape index (κ1) is 21.2. The van der Waals surface area contributed by atoms with Gasteiger partial charge in [0.25, 0.3) is 11.6 Å². The van der Waals surface area contributed by atoms with Crippen LogP contribution in [0.3, 0.4) is 0 Å². The molecule has 0 aliphatic heterocycles. The normalized spacial score (nSPS) is 10.8. The molecule has 0 aliphatic carbocycles. The maximum Gasteiger partial charge on any atom is 0.269 e. The number of nitriles is 1. The van der Waals surface area contributed by atoms with Crippen molar-refractivity contribution < 1.29 is 18.8 Å². The van der Waals surface area contributed by atoms with Gasteiger partial charge in [0.2, 0.25) is 0 Å². The van der Waals surface area contributed by atoms with Crippen LogP contribution in [0.25, 0.3) is 6.08 Å². The molecule has 0 saturated carbocycles. The Balaban J connectivity index is 1.63. The van der Waals surface area contributed by atoms with E-state index in [2.05, 4.69) is 5.32 Å². The molecular formula is C23H16FN3O4. The number of hydrogen-bond acceptors (Lipinski definition) is 5. The Kier molecular flexibility index (Phi) is 6.71. The van der Waals surface area contributed by atoms with Gasteiger partial charge in [-0.1, -0.05) is 24.3 Å². The Hall–Kier alpha value is -4.51. The second-order valence-electron chi connectivity index (χ2n) is 6.41. The fourth-order valence-electron chi connectivity index (χ4n) is 2.59. The van der Waals surface area contributed by atoms with Crippen LogP contribution in [0.4, 0.5) is 15.8 Å². The van der Waals surface area contributed by atoms with E-state index in [4.69, 9.17) is 4.74 Å². The van der Waals surface area contributed by atoms with Gasteiger partial charge in [-0.15, -0.1) is 0 Å². The van der Waals surface area contributed by atoms with E-state index in [1.807, 2.05) is 6.07 Å². The number of hydrogen-bond donors (Lipinski definition) is 1. The predicted molar refractivity (Wildman–Crippen MR) is 112 cm³/mol. The minimum atomic E-state index is -0.631. The van der Waals surface area contributed by atoms with Crippen LogP contribution in [0.1, 0.15) is 11.1 Å². The molecule has 3 aromatic carbocycles. The maximum absolute atomic E-state index is 12.9. The Labute approximate surface area is 177 Å². The maximum atomic E-state index is 12.9. The van der Waals surface area contributed by atoms with Crippen molar-refractivity contribution in [2.75, 3.05) is 5.32 Å². The summed E-state index contributed by atoms with van der Waals surface area (Å²) in [6.45, 7) is 0.274. The zero-order valence-electron chi connectivity index (χ0n) is 16.1. The summed E-state index contributed by atoms with van der Waals surface area (Å²) in [4.78, 5) is 22.5. The van der Waals surface area contributed by atoms with Crippen LogP contribution < -0.4 is 10.1 Å². The second-order valence-corrected chi connectivity index (χ2v) is 6.41. The summed E-state index contributed by atoms with van der Waals surface area (Å²) < 4.78 is 18.6. The molecule has 0 spiro atoms.